The van der Waals surface area contributed by atoms with E-state index in [-0.39, 0.29) is 0 Å². The molecule has 0 saturated carbocycles. The SMILES string of the molecule is c1ccc(CN(CCN2CCCCC2)Cc2ccccc2)cc1. The number of benzene rings is 2. The van der Waals surface area contributed by atoms with Gasteiger partial charge in [-0.25, -0.2) is 0 Å². The van der Waals surface area contributed by atoms with Crippen molar-refractivity contribution in [1.29, 1.82) is 0 Å². The van der Waals surface area contributed by atoms with Crippen LogP contribution in [0.25, 0.3) is 0 Å². The van der Waals surface area contributed by atoms with Crippen molar-refractivity contribution in [2.45, 2.75) is 32.4 Å². The number of hydrogen-bond donors (Lipinski definition) is 0. The molecule has 1 aliphatic rings. The Morgan fingerprint density at radius 1 is 0.696 bits per heavy atom. The van der Waals surface area contributed by atoms with Gasteiger partial charge in [-0.15, -0.1) is 0 Å². The highest BCUT2D eigenvalue weighted by molar-refractivity contribution is 5.17. The summed E-state index contributed by atoms with van der Waals surface area (Å²) in [6.45, 7) is 6.96. The van der Waals surface area contributed by atoms with Crippen LogP contribution in [0.15, 0.2) is 60.7 Å². The maximum atomic E-state index is 2.63. The maximum absolute atomic E-state index is 2.63. The molecule has 23 heavy (non-hydrogen) atoms. The normalized spacial score (nSPS) is 15.9. The monoisotopic (exact) mass is 308 g/mol. The molecule has 2 aromatic rings. The van der Waals surface area contributed by atoms with Crippen LogP contribution >= 0.6 is 0 Å². The number of rotatable bonds is 7. The summed E-state index contributed by atoms with van der Waals surface area (Å²) < 4.78 is 0. The van der Waals surface area contributed by atoms with E-state index in [0.29, 0.717) is 0 Å². The van der Waals surface area contributed by atoms with E-state index >= 15 is 0 Å². The van der Waals surface area contributed by atoms with Gasteiger partial charge in [0.25, 0.3) is 0 Å². The quantitative estimate of drug-likeness (QED) is 0.757. The molecule has 1 fully saturated rings. The molecular formula is C21H28N2. The first-order chi connectivity index (χ1) is 11.4. The predicted octanol–water partition coefficient (Wildman–Crippen LogP) is 4.17. The van der Waals surface area contributed by atoms with Gasteiger partial charge in [0.1, 0.15) is 0 Å². The second-order valence-corrected chi connectivity index (χ2v) is 6.58. The lowest BCUT2D eigenvalue weighted by atomic mass is 10.1. The van der Waals surface area contributed by atoms with E-state index in [0.717, 1.165) is 19.6 Å². The van der Waals surface area contributed by atoms with Crippen LogP contribution < -0.4 is 0 Å². The lowest BCUT2D eigenvalue weighted by molar-refractivity contribution is 0.173. The molecule has 0 unspecified atom stereocenters. The molecule has 2 nitrogen and oxygen atoms in total. The summed E-state index contributed by atoms with van der Waals surface area (Å²) in [5.41, 5.74) is 2.81. The highest BCUT2D eigenvalue weighted by Gasteiger charge is 2.13. The summed E-state index contributed by atoms with van der Waals surface area (Å²) in [5, 5.41) is 0. The van der Waals surface area contributed by atoms with Gasteiger partial charge in [0.2, 0.25) is 0 Å². The molecule has 1 heterocycles. The van der Waals surface area contributed by atoms with Gasteiger partial charge in [-0.1, -0.05) is 67.1 Å². The summed E-state index contributed by atoms with van der Waals surface area (Å²) in [6.07, 6.45) is 4.16. The summed E-state index contributed by atoms with van der Waals surface area (Å²) >= 11 is 0. The van der Waals surface area contributed by atoms with Crippen molar-refractivity contribution < 1.29 is 0 Å². The van der Waals surface area contributed by atoms with Crippen molar-refractivity contribution in [3.63, 3.8) is 0 Å². The third kappa shape index (κ3) is 5.49. The molecule has 0 bridgehead atoms. The van der Waals surface area contributed by atoms with Crippen LogP contribution in [-0.2, 0) is 13.1 Å². The average molecular weight is 308 g/mol. The van der Waals surface area contributed by atoms with Crippen molar-refractivity contribution in [2.75, 3.05) is 26.2 Å². The molecule has 0 aliphatic carbocycles. The maximum Gasteiger partial charge on any atom is 0.0237 e. The Kier molecular flexibility index (Phi) is 6.25. The summed E-state index contributed by atoms with van der Waals surface area (Å²) in [6, 6.07) is 21.7. The predicted molar refractivity (Wildman–Crippen MR) is 97.3 cm³/mol. The number of piperidine rings is 1. The average Bonchev–Trinajstić information content (AvgIpc) is 2.62. The Hall–Kier alpha value is -1.64. The first-order valence-electron chi connectivity index (χ1n) is 8.93. The fourth-order valence-electron chi connectivity index (χ4n) is 3.36. The van der Waals surface area contributed by atoms with Crippen LogP contribution in [0.1, 0.15) is 30.4 Å². The second kappa shape index (κ2) is 8.85. The van der Waals surface area contributed by atoms with Crippen LogP contribution in [0.5, 0.6) is 0 Å². The summed E-state index contributed by atoms with van der Waals surface area (Å²) in [4.78, 5) is 5.21. The van der Waals surface area contributed by atoms with Gasteiger partial charge in [0, 0.05) is 26.2 Å². The fourth-order valence-corrected chi connectivity index (χ4v) is 3.36. The van der Waals surface area contributed by atoms with Crippen LogP contribution in [0.3, 0.4) is 0 Å². The Labute approximate surface area is 140 Å². The first kappa shape index (κ1) is 16.2. The van der Waals surface area contributed by atoms with Gasteiger partial charge in [-0.05, 0) is 37.1 Å². The number of nitrogens with zero attached hydrogens (tertiary/aromatic N) is 2. The minimum Gasteiger partial charge on any atom is -0.302 e. The molecular weight excluding hydrogens is 280 g/mol. The zero-order valence-electron chi connectivity index (χ0n) is 14.0. The Morgan fingerprint density at radius 3 is 1.74 bits per heavy atom. The van der Waals surface area contributed by atoms with E-state index in [1.54, 1.807) is 0 Å². The van der Waals surface area contributed by atoms with E-state index in [2.05, 4.69) is 70.5 Å². The minimum atomic E-state index is 1.03. The second-order valence-electron chi connectivity index (χ2n) is 6.58. The highest BCUT2D eigenvalue weighted by Crippen LogP contribution is 2.12. The van der Waals surface area contributed by atoms with Gasteiger partial charge >= 0.3 is 0 Å². The summed E-state index contributed by atoms with van der Waals surface area (Å²) in [7, 11) is 0. The lowest BCUT2D eigenvalue weighted by Gasteiger charge is -2.30. The van der Waals surface area contributed by atoms with Crippen molar-refractivity contribution in [3.8, 4) is 0 Å². The molecule has 2 heteroatoms. The van der Waals surface area contributed by atoms with Gasteiger partial charge < -0.3 is 4.90 Å². The molecule has 1 saturated heterocycles. The molecule has 3 rings (SSSR count). The Morgan fingerprint density at radius 2 is 1.22 bits per heavy atom. The molecule has 122 valence electrons. The Bertz CT molecular complexity index is 505. The molecule has 0 atom stereocenters. The summed E-state index contributed by atoms with van der Waals surface area (Å²) in [5.74, 6) is 0. The fraction of sp³-hybridized carbons (Fsp3) is 0.429. The minimum absolute atomic E-state index is 1.03. The van der Waals surface area contributed by atoms with Crippen molar-refractivity contribution in [3.05, 3.63) is 71.8 Å². The van der Waals surface area contributed by atoms with Gasteiger partial charge in [-0.2, -0.15) is 0 Å². The first-order valence-corrected chi connectivity index (χ1v) is 8.93. The molecule has 0 amide bonds. The zero-order chi connectivity index (χ0) is 15.7. The molecule has 0 aromatic heterocycles. The van der Waals surface area contributed by atoms with Gasteiger partial charge in [0.05, 0.1) is 0 Å². The van der Waals surface area contributed by atoms with E-state index < -0.39 is 0 Å². The Balaban J connectivity index is 1.60. The molecule has 0 N–H and O–H groups in total. The van der Waals surface area contributed by atoms with Crippen LogP contribution in [0.2, 0.25) is 0 Å². The van der Waals surface area contributed by atoms with Gasteiger partial charge in [-0.3, -0.25) is 4.90 Å². The standard InChI is InChI=1S/C21H28N2/c1-4-10-20(11-5-1)18-23(19-21-12-6-2-7-13-21)17-16-22-14-8-3-9-15-22/h1-2,4-7,10-13H,3,8-9,14-19H2. The topological polar surface area (TPSA) is 6.48 Å². The molecule has 2 aromatic carbocycles. The lowest BCUT2D eigenvalue weighted by Crippen LogP contribution is -2.37. The molecule has 0 radical (unpaired) electrons. The third-order valence-electron chi connectivity index (χ3n) is 4.68. The number of hydrogen-bond acceptors (Lipinski definition) is 2. The smallest absolute Gasteiger partial charge is 0.0237 e. The number of likely N-dealkylation sites (tertiary alicyclic amines) is 1. The highest BCUT2D eigenvalue weighted by atomic mass is 15.2. The van der Waals surface area contributed by atoms with Crippen molar-refractivity contribution in [1.82, 2.24) is 9.80 Å². The van der Waals surface area contributed by atoms with Crippen LogP contribution in [0.4, 0.5) is 0 Å². The van der Waals surface area contributed by atoms with Crippen LogP contribution in [-0.4, -0.2) is 36.0 Å². The molecule has 0 spiro atoms. The van der Waals surface area contributed by atoms with Crippen LogP contribution in [0, 0.1) is 0 Å². The van der Waals surface area contributed by atoms with E-state index in [9.17, 15) is 0 Å². The zero-order valence-corrected chi connectivity index (χ0v) is 14.0. The van der Waals surface area contributed by atoms with Gasteiger partial charge in [0.15, 0.2) is 0 Å². The van der Waals surface area contributed by atoms with E-state index in [1.165, 1.54) is 50.0 Å². The van der Waals surface area contributed by atoms with E-state index in [1.807, 2.05) is 0 Å². The third-order valence-corrected chi connectivity index (χ3v) is 4.68. The molecule has 1 aliphatic heterocycles. The van der Waals surface area contributed by atoms with Crippen molar-refractivity contribution in [2.24, 2.45) is 0 Å². The van der Waals surface area contributed by atoms with E-state index in [4.69, 9.17) is 0 Å². The van der Waals surface area contributed by atoms with Crippen molar-refractivity contribution >= 4 is 0 Å². The largest absolute Gasteiger partial charge is 0.302 e.